The fourth-order valence-corrected chi connectivity index (χ4v) is 4.06. The summed E-state index contributed by atoms with van der Waals surface area (Å²) >= 11 is 0. The largest absolute Gasteiger partial charge is 0.493 e. The molecule has 1 aliphatic heterocycles. The second kappa shape index (κ2) is 6.46. The van der Waals surface area contributed by atoms with E-state index in [-0.39, 0.29) is 12.0 Å². The van der Waals surface area contributed by atoms with Crippen LogP contribution in [-0.2, 0) is 5.72 Å². The van der Waals surface area contributed by atoms with E-state index in [0.29, 0.717) is 34.0 Å². The number of nitrogens with zero attached hydrogens (tertiary/aromatic N) is 1. The molecular formula is C21H24N2O4. The minimum absolute atomic E-state index is 0.127. The molecule has 1 saturated carbocycles. The number of anilines is 2. The Morgan fingerprint density at radius 3 is 2.56 bits per heavy atom. The van der Waals surface area contributed by atoms with E-state index in [2.05, 4.69) is 0 Å². The van der Waals surface area contributed by atoms with Crippen LogP contribution in [0.5, 0.6) is 11.5 Å². The van der Waals surface area contributed by atoms with Crippen LogP contribution in [0.25, 0.3) is 0 Å². The number of carbonyl (C=O) groups excluding carboxylic acids is 1. The number of aliphatic hydroxyl groups is 1. The molecule has 1 heterocycles. The predicted molar refractivity (Wildman–Crippen MR) is 103 cm³/mol. The molecular weight excluding hydrogens is 344 g/mol. The predicted octanol–water partition coefficient (Wildman–Crippen LogP) is 3.42. The van der Waals surface area contributed by atoms with Crippen molar-refractivity contribution < 1.29 is 19.4 Å². The second-order valence-electron chi connectivity index (χ2n) is 7.29. The molecule has 2 aromatic rings. The van der Waals surface area contributed by atoms with Crippen molar-refractivity contribution in [2.45, 2.75) is 44.4 Å². The quantitative estimate of drug-likeness (QED) is 0.808. The highest BCUT2D eigenvalue weighted by molar-refractivity contribution is 6.13. The summed E-state index contributed by atoms with van der Waals surface area (Å²) in [4.78, 5) is 14.3. The topological polar surface area (TPSA) is 85.0 Å². The summed E-state index contributed by atoms with van der Waals surface area (Å²) in [7, 11) is 1.56. The van der Waals surface area contributed by atoms with Gasteiger partial charge in [-0.3, -0.25) is 9.69 Å². The van der Waals surface area contributed by atoms with Crippen molar-refractivity contribution in [1.82, 2.24) is 0 Å². The van der Waals surface area contributed by atoms with Crippen molar-refractivity contribution >= 4 is 17.3 Å². The SMILES string of the molecule is COc1cc(N)c(N2C(=O)c3ccccc3C2(C)O)cc1OC1CCCC1. The lowest BCUT2D eigenvalue weighted by Gasteiger charge is -2.32. The van der Waals surface area contributed by atoms with Gasteiger partial charge in [-0.25, -0.2) is 0 Å². The Hall–Kier alpha value is -2.73. The van der Waals surface area contributed by atoms with E-state index in [0.717, 1.165) is 25.7 Å². The van der Waals surface area contributed by atoms with E-state index in [4.69, 9.17) is 15.2 Å². The number of methoxy groups -OCH3 is 1. The standard InChI is InChI=1S/C21H24N2O4/c1-21(25)15-10-6-5-9-14(15)20(24)23(21)17-12-19(18(26-2)11-16(17)22)27-13-7-3-4-8-13/h5-6,9-13,25H,3-4,7-8,22H2,1-2H3. The molecule has 4 rings (SSSR count). The van der Waals surface area contributed by atoms with Crippen LogP contribution in [0.15, 0.2) is 36.4 Å². The molecule has 1 atom stereocenters. The molecule has 0 radical (unpaired) electrons. The first-order chi connectivity index (χ1) is 12.9. The molecule has 0 bridgehead atoms. The summed E-state index contributed by atoms with van der Waals surface area (Å²) in [5, 5.41) is 11.1. The Morgan fingerprint density at radius 1 is 1.19 bits per heavy atom. The summed E-state index contributed by atoms with van der Waals surface area (Å²) in [6.07, 6.45) is 4.40. The first-order valence-electron chi connectivity index (χ1n) is 9.24. The molecule has 2 aliphatic rings. The average Bonchev–Trinajstić information content (AvgIpc) is 3.23. The minimum atomic E-state index is -1.50. The fourth-order valence-electron chi connectivity index (χ4n) is 4.06. The number of hydrogen-bond donors (Lipinski definition) is 2. The number of nitrogens with two attached hydrogens (primary N) is 1. The van der Waals surface area contributed by atoms with Gasteiger partial charge in [-0.2, -0.15) is 0 Å². The van der Waals surface area contributed by atoms with E-state index in [1.807, 2.05) is 0 Å². The van der Waals surface area contributed by atoms with Crippen LogP contribution in [0.3, 0.4) is 0 Å². The van der Waals surface area contributed by atoms with Gasteiger partial charge in [0.25, 0.3) is 5.91 Å². The molecule has 0 saturated heterocycles. The van der Waals surface area contributed by atoms with Gasteiger partial charge in [-0.15, -0.1) is 0 Å². The summed E-state index contributed by atoms with van der Waals surface area (Å²) in [5.74, 6) is 0.763. The highest BCUT2D eigenvalue weighted by Gasteiger charge is 2.46. The van der Waals surface area contributed by atoms with E-state index < -0.39 is 5.72 Å². The van der Waals surface area contributed by atoms with Crippen LogP contribution in [0, 0.1) is 0 Å². The lowest BCUT2D eigenvalue weighted by molar-refractivity contribution is 0.0555. The molecule has 27 heavy (non-hydrogen) atoms. The van der Waals surface area contributed by atoms with Gasteiger partial charge in [0.2, 0.25) is 0 Å². The molecule has 3 N–H and O–H groups in total. The molecule has 1 unspecified atom stereocenters. The normalized spacial score (nSPS) is 22.2. The molecule has 1 aliphatic carbocycles. The monoisotopic (exact) mass is 368 g/mol. The number of carbonyl (C=O) groups is 1. The summed E-state index contributed by atoms with van der Waals surface area (Å²) < 4.78 is 11.6. The van der Waals surface area contributed by atoms with Crippen molar-refractivity contribution in [2.75, 3.05) is 17.7 Å². The minimum Gasteiger partial charge on any atom is -0.493 e. The third-order valence-electron chi connectivity index (χ3n) is 5.46. The van der Waals surface area contributed by atoms with Crippen LogP contribution in [0.1, 0.15) is 48.5 Å². The maximum absolute atomic E-state index is 13.0. The molecule has 0 spiro atoms. The van der Waals surface area contributed by atoms with Gasteiger partial charge >= 0.3 is 0 Å². The van der Waals surface area contributed by atoms with Crippen molar-refractivity contribution in [3.05, 3.63) is 47.5 Å². The number of nitrogen functional groups attached to an aromatic ring is 1. The zero-order chi connectivity index (χ0) is 19.2. The van der Waals surface area contributed by atoms with Gasteiger partial charge in [0.15, 0.2) is 17.2 Å². The van der Waals surface area contributed by atoms with Crippen LogP contribution >= 0.6 is 0 Å². The zero-order valence-electron chi connectivity index (χ0n) is 15.6. The van der Waals surface area contributed by atoms with Crippen LogP contribution in [0.4, 0.5) is 11.4 Å². The van der Waals surface area contributed by atoms with E-state index in [1.54, 1.807) is 50.4 Å². The molecule has 0 aromatic heterocycles. The summed E-state index contributed by atoms with van der Waals surface area (Å²) in [5.41, 5.74) is 6.51. The second-order valence-corrected chi connectivity index (χ2v) is 7.29. The zero-order valence-corrected chi connectivity index (χ0v) is 15.6. The van der Waals surface area contributed by atoms with Gasteiger partial charge in [-0.1, -0.05) is 18.2 Å². The number of fused-ring (bicyclic) bond motifs is 1. The fraction of sp³-hybridized carbons (Fsp3) is 0.381. The van der Waals surface area contributed by atoms with E-state index >= 15 is 0 Å². The number of hydrogen-bond acceptors (Lipinski definition) is 5. The maximum atomic E-state index is 13.0. The summed E-state index contributed by atoms with van der Waals surface area (Å²) in [6, 6.07) is 10.4. The number of benzene rings is 2. The molecule has 1 amide bonds. The average molecular weight is 368 g/mol. The Balaban J connectivity index is 1.78. The Labute approximate surface area is 158 Å². The lowest BCUT2D eigenvalue weighted by Crippen LogP contribution is -2.42. The smallest absolute Gasteiger partial charge is 0.261 e. The molecule has 2 aromatic carbocycles. The van der Waals surface area contributed by atoms with Gasteiger partial charge in [0, 0.05) is 23.3 Å². The van der Waals surface area contributed by atoms with Gasteiger partial charge in [0.05, 0.1) is 24.6 Å². The van der Waals surface area contributed by atoms with Crippen molar-refractivity contribution in [3.63, 3.8) is 0 Å². The first-order valence-corrected chi connectivity index (χ1v) is 9.24. The van der Waals surface area contributed by atoms with Crippen molar-refractivity contribution in [3.8, 4) is 11.5 Å². The highest BCUT2D eigenvalue weighted by atomic mass is 16.5. The molecule has 1 fully saturated rings. The molecule has 142 valence electrons. The number of ether oxygens (including phenoxy) is 2. The Kier molecular flexibility index (Phi) is 4.23. The molecule has 6 heteroatoms. The Morgan fingerprint density at radius 2 is 1.89 bits per heavy atom. The van der Waals surface area contributed by atoms with Crippen molar-refractivity contribution in [2.24, 2.45) is 0 Å². The van der Waals surface area contributed by atoms with Crippen LogP contribution in [-0.4, -0.2) is 24.2 Å². The lowest BCUT2D eigenvalue weighted by atomic mass is 10.0. The van der Waals surface area contributed by atoms with Gasteiger partial charge in [-0.05, 0) is 38.7 Å². The third kappa shape index (κ3) is 2.80. The number of rotatable bonds is 4. The highest BCUT2D eigenvalue weighted by Crippen LogP contribution is 2.46. The Bertz CT molecular complexity index is 888. The number of amides is 1. The van der Waals surface area contributed by atoms with Crippen LogP contribution in [0.2, 0.25) is 0 Å². The van der Waals surface area contributed by atoms with Crippen molar-refractivity contribution in [1.29, 1.82) is 0 Å². The van der Waals surface area contributed by atoms with E-state index in [9.17, 15) is 9.90 Å². The first kappa shape index (κ1) is 17.7. The van der Waals surface area contributed by atoms with Gasteiger partial charge < -0.3 is 20.3 Å². The molecule has 6 nitrogen and oxygen atoms in total. The van der Waals surface area contributed by atoms with E-state index in [1.165, 1.54) is 4.90 Å². The maximum Gasteiger partial charge on any atom is 0.261 e. The summed E-state index contributed by atoms with van der Waals surface area (Å²) in [6.45, 7) is 1.60. The third-order valence-corrected chi connectivity index (χ3v) is 5.46. The van der Waals surface area contributed by atoms with Gasteiger partial charge in [0.1, 0.15) is 0 Å². The van der Waals surface area contributed by atoms with Crippen LogP contribution < -0.4 is 20.1 Å².